The molecule has 0 saturated carbocycles. The summed E-state index contributed by atoms with van der Waals surface area (Å²) in [6, 6.07) is 11.5. The van der Waals surface area contributed by atoms with Gasteiger partial charge in [0.15, 0.2) is 0 Å². The second-order valence-corrected chi connectivity index (χ2v) is 5.79. The molecule has 0 spiro atoms. The maximum atomic E-state index is 12.2. The highest BCUT2D eigenvalue weighted by atomic mass is 16.5. The number of aromatic nitrogens is 4. The van der Waals surface area contributed by atoms with Crippen molar-refractivity contribution in [3.8, 4) is 11.4 Å². The number of carbonyl (C=O) groups is 1. The highest BCUT2D eigenvalue weighted by Gasteiger charge is 2.16. The first-order valence-electron chi connectivity index (χ1n) is 8.32. The number of nitrogens with one attached hydrogen (secondary N) is 1. The number of rotatable bonds is 7. The minimum Gasteiger partial charge on any atom is -0.348 e. The van der Waals surface area contributed by atoms with E-state index in [9.17, 15) is 4.79 Å². The van der Waals surface area contributed by atoms with Crippen LogP contribution in [0.1, 0.15) is 37.4 Å². The van der Waals surface area contributed by atoms with Crippen molar-refractivity contribution >= 4 is 5.91 Å². The van der Waals surface area contributed by atoms with E-state index < -0.39 is 0 Å². The highest BCUT2D eigenvalue weighted by Crippen LogP contribution is 2.17. The zero-order valence-electron chi connectivity index (χ0n) is 14.3. The second-order valence-electron chi connectivity index (χ2n) is 5.79. The number of carbonyl (C=O) groups excluding carboxylic acids is 1. The molecule has 0 saturated heterocycles. The van der Waals surface area contributed by atoms with Gasteiger partial charge in [-0.05, 0) is 12.5 Å². The SMILES string of the molecule is CC[C@H](NC(=O)CCc1nc(-c2ccccc2)no1)c1ccnn1C. The van der Waals surface area contributed by atoms with E-state index in [0.29, 0.717) is 24.6 Å². The molecule has 130 valence electrons. The zero-order chi connectivity index (χ0) is 17.6. The van der Waals surface area contributed by atoms with Crippen LogP contribution in [0.4, 0.5) is 0 Å². The molecule has 0 aliphatic rings. The molecule has 2 aromatic heterocycles. The van der Waals surface area contributed by atoms with E-state index in [1.807, 2.05) is 50.4 Å². The molecule has 7 nitrogen and oxygen atoms in total. The van der Waals surface area contributed by atoms with Crippen LogP contribution in [0.15, 0.2) is 47.1 Å². The van der Waals surface area contributed by atoms with Crippen molar-refractivity contribution in [2.45, 2.75) is 32.2 Å². The van der Waals surface area contributed by atoms with E-state index in [0.717, 1.165) is 17.7 Å². The summed E-state index contributed by atoms with van der Waals surface area (Å²) < 4.78 is 7.01. The third kappa shape index (κ3) is 4.12. The fourth-order valence-electron chi connectivity index (χ4n) is 2.66. The Bertz CT molecular complexity index is 825. The van der Waals surface area contributed by atoms with Crippen LogP contribution in [-0.4, -0.2) is 25.8 Å². The molecule has 0 radical (unpaired) electrons. The molecule has 3 aromatic rings. The van der Waals surface area contributed by atoms with Gasteiger partial charge in [0.25, 0.3) is 0 Å². The summed E-state index contributed by atoms with van der Waals surface area (Å²) in [5, 5.41) is 11.1. The van der Waals surface area contributed by atoms with Crippen LogP contribution in [0.25, 0.3) is 11.4 Å². The van der Waals surface area contributed by atoms with E-state index >= 15 is 0 Å². The standard InChI is InChI=1S/C18H21N5O2/c1-3-14(15-11-12-19-23(15)2)20-16(24)9-10-17-21-18(22-25-17)13-7-5-4-6-8-13/h4-8,11-12,14H,3,9-10H2,1-2H3,(H,20,24)/t14-/m0/s1. The van der Waals surface area contributed by atoms with Gasteiger partial charge in [-0.3, -0.25) is 9.48 Å². The van der Waals surface area contributed by atoms with E-state index in [2.05, 4.69) is 20.6 Å². The number of benzene rings is 1. The second kappa shape index (κ2) is 7.74. The molecular weight excluding hydrogens is 318 g/mol. The van der Waals surface area contributed by atoms with Crippen LogP contribution < -0.4 is 5.32 Å². The predicted octanol–water partition coefficient (Wildman–Crippen LogP) is 2.67. The Morgan fingerprint density at radius 1 is 1.28 bits per heavy atom. The van der Waals surface area contributed by atoms with Crippen molar-refractivity contribution in [2.75, 3.05) is 0 Å². The molecule has 2 heterocycles. The van der Waals surface area contributed by atoms with Crippen LogP contribution in [0.2, 0.25) is 0 Å². The number of aryl methyl sites for hydroxylation is 2. The van der Waals surface area contributed by atoms with E-state index in [1.165, 1.54) is 0 Å². The van der Waals surface area contributed by atoms with Crippen molar-refractivity contribution in [3.05, 3.63) is 54.2 Å². The topological polar surface area (TPSA) is 85.8 Å². The van der Waals surface area contributed by atoms with Gasteiger partial charge < -0.3 is 9.84 Å². The van der Waals surface area contributed by atoms with Gasteiger partial charge in [-0.25, -0.2) is 0 Å². The van der Waals surface area contributed by atoms with Crippen molar-refractivity contribution in [2.24, 2.45) is 7.05 Å². The summed E-state index contributed by atoms with van der Waals surface area (Å²) in [7, 11) is 1.87. The average Bonchev–Trinajstić information content (AvgIpc) is 3.28. The van der Waals surface area contributed by atoms with Gasteiger partial charge in [0.2, 0.25) is 17.6 Å². The molecule has 0 aliphatic carbocycles. The Balaban J connectivity index is 1.56. The summed E-state index contributed by atoms with van der Waals surface area (Å²) in [4.78, 5) is 16.6. The van der Waals surface area contributed by atoms with Gasteiger partial charge in [0, 0.05) is 31.6 Å². The van der Waals surface area contributed by atoms with Crippen molar-refractivity contribution < 1.29 is 9.32 Å². The fourth-order valence-corrected chi connectivity index (χ4v) is 2.66. The number of amides is 1. The quantitative estimate of drug-likeness (QED) is 0.715. The van der Waals surface area contributed by atoms with E-state index in [1.54, 1.807) is 10.9 Å². The van der Waals surface area contributed by atoms with Gasteiger partial charge in [-0.1, -0.05) is 42.4 Å². The molecule has 25 heavy (non-hydrogen) atoms. The first kappa shape index (κ1) is 16.9. The lowest BCUT2D eigenvalue weighted by molar-refractivity contribution is -0.122. The fraction of sp³-hybridized carbons (Fsp3) is 0.333. The molecular formula is C18H21N5O2. The summed E-state index contributed by atoms with van der Waals surface area (Å²) >= 11 is 0. The summed E-state index contributed by atoms with van der Waals surface area (Å²) in [6.45, 7) is 2.03. The normalized spacial score (nSPS) is 12.1. The van der Waals surface area contributed by atoms with Gasteiger partial charge >= 0.3 is 0 Å². The lowest BCUT2D eigenvalue weighted by Gasteiger charge is -2.17. The monoisotopic (exact) mass is 339 g/mol. The Morgan fingerprint density at radius 2 is 2.08 bits per heavy atom. The van der Waals surface area contributed by atoms with Crippen LogP contribution >= 0.6 is 0 Å². The minimum absolute atomic E-state index is 0.0486. The first-order chi connectivity index (χ1) is 12.2. The highest BCUT2D eigenvalue weighted by molar-refractivity contribution is 5.76. The maximum Gasteiger partial charge on any atom is 0.227 e. The molecule has 0 unspecified atom stereocenters. The van der Waals surface area contributed by atoms with Gasteiger partial charge in [-0.15, -0.1) is 0 Å². The molecule has 1 amide bonds. The summed E-state index contributed by atoms with van der Waals surface area (Å²) in [6.07, 6.45) is 3.23. The third-order valence-corrected chi connectivity index (χ3v) is 4.03. The predicted molar refractivity (Wildman–Crippen MR) is 92.4 cm³/mol. The van der Waals surface area contributed by atoms with E-state index in [-0.39, 0.29) is 11.9 Å². The van der Waals surface area contributed by atoms with Crippen molar-refractivity contribution in [3.63, 3.8) is 0 Å². The van der Waals surface area contributed by atoms with Gasteiger partial charge in [-0.2, -0.15) is 10.1 Å². The van der Waals surface area contributed by atoms with E-state index in [4.69, 9.17) is 4.52 Å². The lowest BCUT2D eigenvalue weighted by Crippen LogP contribution is -2.29. The first-order valence-corrected chi connectivity index (χ1v) is 8.32. The zero-order valence-corrected chi connectivity index (χ0v) is 14.3. The lowest BCUT2D eigenvalue weighted by atomic mass is 10.1. The Hall–Kier alpha value is -2.96. The maximum absolute atomic E-state index is 12.2. The summed E-state index contributed by atoms with van der Waals surface area (Å²) in [5.74, 6) is 0.951. The average molecular weight is 339 g/mol. The van der Waals surface area contributed by atoms with Gasteiger partial charge in [0.1, 0.15) is 0 Å². The third-order valence-electron chi connectivity index (χ3n) is 4.03. The van der Waals surface area contributed by atoms with Crippen molar-refractivity contribution in [1.82, 2.24) is 25.2 Å². The van der Waals surface area contributed by atoms with Gasteiger partial charge in [0.05, 0.1) is 11.7 Å². The smallest absolute Gasteiger partial charge is 0.227 e. The largest absolute Gasteiger partial charge is 0.348 e. The molecule has 0 bridgehead atoms. The molecule has 3 rings (SSSR count). The number of hydrogen-bond acceptors (Lipinski definition) is 5. The van der Waals surface area contributed by atoms with Crippen molar-refractivity contribution in [1.29, 1.82) is 0 Å². The minimum atomic E-state index is -0.0532. The Kier molecular flexibility index (Phi) is 5.23. The molecule has 0 fully saturated rings. The van der Waals surface area contributed by atoms with Crippen LogP contribution in [-0.2, 0) is 18.3 Å². The number of nitrogens with zero attached hydrogens (tertiary/aromatic N) is 4. The Labute approximate surface area is 146 Å². The molecule has 7 heteroatoms. The van der Waals surface area contributed by atoms with Crippen LogP contribution in [0.5, 0.6) is 0 Å². The molecule has 1 atom stereocenters. The van der Waals surface area contributed by atoms with Crippen LogP contribution in [0, 0.1) is 0 Å². The Morgan fingerprint density at radius 3 is 2.76 bits per heavy atom. The molecule has 0 aliphatic heterocycles. The summed E-state index contributed by atoms with van der Waals surface area (Å²) in [5.41, 5.74) is 1.88. The number of hydrogen-bond donors (Lipinski definition) is 1. The molecule has 1 aromatic carbocycles. The molecule has 1 N–H and O–H groups in total. The van der Waals surface area contributed by atoms with Crippen LogP contribution in [0.3, 0.4) is 0 Å².